The third-order valence-corrected chi connectivity index (χ3v) is 0. The molecule has 0 aliphatic carbocycles. The molecule has 0 aliphatic rings. The van der Waals surface area contributed by atoms with Gasteiger partial charge in [0.15, 0.2) is 0 Å². The summed E-state index contributed by atoms with van der Waals surface area (Å²) in [5, 5.41) is 0. The van der Waals surface area contributed by atoms with E-state index in [2.05, 4.69) is 0 Å². The van der Waals surface area contributed by atoms with Gasteiger partial charge in [0.2, 0.25) is 0 Å². The third kappa shape index (κ3) is 66.4. The number of hydrogen-bond donors (Lipinski definition) is 1. The summed E-state index contributed by atoms with van der Waals surface area (Å²) < 4.78 is 24.1. The van der Waals surface area contributed by atoms with Crippen molar-refractivity contribution in [2.75, 3.05) is 0 Å². The summed E-state index contributed by atoms with van der Waals surface area (Å²) in [5.41, 5.74) is 0. The standard InChI is InChI=1S/HO3S.Sb.2H/c1-4(2)3;;;/h(H,1,2,3);;;/q-1;;;. The molecule has 0 heterocycles. The average Bonchev–Trinajstić information content (AvgIpc) is 0.811. The van der Waals surface area contributed by atoms with E-state index in [1.54, 1.807) is 0 Å². The second kappa shape index (κ2) is 4.73. The molecule has 33 valence electrons. The zero-order valence-electron chi connectivity index (χ0n) is 2.25. The van der Waals surface area contributed by atoms with Gasteiger partial charge >= 0.3 is 24.4 Å². The van der Waals surface area contributed by atoms with Crippen LogP contribution in [0.5, 0.6) is 0 Å². The van der Waals surface area contributed by atoms with Crippen LogP contribution in [0.25, 0.3) is 0 Å². The van der Waals surface area contributed by atoms with Gasteiger partial charge in [0, 0.05) is 11.0 Å². The van der Waals surface area contributed by atoms with Gasteiger partial charge in [-0.1, -0.05) is 0 Å². The number of rotatable bonds is 0. The van der Waals surface area contributed by atoms with Crippen molar-refractivity contribution in [1.82, 2.24) is 0 Å². The van der Waals surface area contributed by atoms with Crippen LogP contribution in [-0.4, -0.2) is 29.0 Å². The molecule has 0 fully saturated rings. The van der Waals surface area contributed by atoms with Gasteiger partial charge in [-0.15, -0.1) is 0 Å². The van der Waals surface area contributed by atoms with Gasteiger partial charge in [-0.3, -0.25) is 0 Å². The van der Waals surface area contributed by atoms with Crippen molar-refractivity contribution in [2.45, 2.75) is 0 Å². The molecular formula is H3O3SSb-. The van der Waals surface area contributed by atoms with Gasteiger partial charge in [-0.05, 0) is 0 Å². The molecule has 0 aromatic heterocycles. The predicted molar refractivity (Wildman–Crippen MR) is 19.9 cm³/mol. The summed E-state index contributed by atoms with van der Waals surface area (Å²) in [6.45, 7) is 0. The second-order valence-corrected chi connectivity index (χ2v) is 0.651. The van der Waals surface area contributed by atoms with Crippen molar-refractivity contribution in [3.63, 3.8) is 0 Å². The first-order valence-electron chi connectivity index (χ1n) is 0.516. The van der Waals surface area contributed by atoms with Gasteiger partial charge in [0.05, 0.1) is 0 Å². The van der Waals surface area contributed by atoms with Crippen LogP contribution >= 0.6 is 0 Å². The number of hydrogen-bond acceptors (Lipinski definition) is 3. The van der Waals surface area contributed by atoms with Gasteiger partial charge in [0.25, 0.3) is 0 Å². The van der Waals surface area contributed by atoms with E-state index >= 15 is 0 Å². The summed E-state index contributed by atoms with van der Waals surface area (Å²) in [4.78, 5) is 0. The molecule has 0 amide bonds. The van der Waals surface area contributed by atoms with E-state index in [1.165, 1.54) is 0 Å². The monoisotopic (exact) mass is 204 g/mol. The molecule has 0 atom stereocenters. The van der Waals surface area contributed by atoms with Gasteiger partial charge in [-0.25, -0.2) is 0 Å². The Morgan fingerprint density at radius 2 is 1.40 bits per heavy atom. The topological polar surface area (TPSA) is 54.4 Å². The first-order chi connectivity index (χ1) is 1.73. The molecule has 0 aromatic carbocycles. The van der Waals surface area contributed by atoms with Crippen molar-refractivity contribution < 1.29 is 13.0 Å². The van der Waals surface area contributed by atoms with E-state index in [4.69, 9.17) is 13.0 Å². The Hall–Kier alpha value is 0.728. The molecule has 0 aliphatic heterocycles. The van der Waals surface area contributed by atoms with Crippen LogP contribution in [0.1, 0.15) is 0 Å². The van der Waals surface area contributed by atoms with Crippen molar-refractivity contribution in [3.05, 3.63) is 0 Å². The van der Waals surface area contributed by atoms with Crippen LogP contribution < -0.4 is 0 Å². The van der Waals surface area contributed by atoms with Crippen molar-refractivity contribution in [3.8, 4) is 0 Å². The maximum atomic E-state index is 8.56. The van der Waals surface area contributed by atoms with Crippen molar-refractivity contribution in [1.29, 1.82) is 0 Å². The fourth-order valence-corrected chi connectivity index (χ4v) is 0. The van der Waals surface area contributed by atoms with Crippen LogP contribution in [0.3, 0.4) is 0 Å². The summed E-state index contributed by atoms with van der Waals surface area (Å²) in [7, 11) is -2.86. The molecule has 5 heavy (non-hydrogen) atoms. The predicted octanol–water partition coefficient (Wildman–Crippen LogP) is -1.15. The summed E-state index contributed by atoms with van der Waals surface area (Å²) in [6.07, 6.45) is 0. The van der Waals surface area contributed by atoms with Gasteiger partial charge in [-0.2, -0.15) is 0 Å². The Labute approximate surface area is 48.6 Å². The second-order valence-electron chi connectivity index (χ2n) is 0.217. The molecule has 0 bridgehead atoms. The molecule has 5 heteroatoms. The zero-order valence-corrected chi connectivity index (χ0v) is 6.36. The normalized spacial score (nSPS) is 6.80. The van der Waals surface area contributed by atoms with Crippen LogP contribution in [0.4, 0.5) is 0 Å². The van der Waals surface area contributed by atoms with Crippen LogP contribution in [0.2, 0.25) is 0 Å². The molecule has 0 aromatic rings. The Morgan fingerprint density at radius 3 is 1.40 bits per heavy atom. The summed E-state index contributed by atoms with van der Waals surface area (Å²) in [5.74, 6) is 0. The van der Waals surface area contributed by atoms with Crippen LogP contribution in [0.15, 0.2) is 0 Å². The van der Waals surface area contributed by atoms with E-state index in [1.807, 2.05) is 0 Å². The van der Waals surface area contributed by atoms with Crippen molar-refractivity contribution in [2.24, 2.45) is 0 Å². The summed E-state index contributed by atoms with van der Waals surface area (Å²) in [6, 6.07) is 0. The van der Waals surface area contributed by atoms with E-state index in [-0.39, 0.29) is 24.4 Å². The average molecular weight is 205 g/mol. The minimum absolute atomic E-state index is 0. The van der Waals surface area contributed by atoms with Crippen molar-refractivity contribution >= 4 is 35.4 Å². The molecule has 0 saturated heterocycles. The van der Waals surface area contributed by atoms with E-state index in [0.717, 1.165) is 0 Å². The Kier molecular flexibility index (Phi) is 8.71. The minimum atomic E-state index is -2.86. The fraction of sp³-hybridized carbons (Fsp3) is 0. The van der Waals surface area contributed by atoms with E-state index in [0.29, 0.717) is 0 Å². The van der Waals surface area contributed by atoms with E-state index in [9.17, 15) is 0 Å². The van der Waals surface area contributed by atoms with Gasteiger partial charge < -0.3 is 13.0 Å². The van der Waals surface area contributed by atoms with Crippen LogP contribution in [-0.2, 0) is 19.4 Å². The first-order valence-corrected chi connectivity index (χ1v) is 1.55. The molecule has 0 unspecified atom stereocenters. The molecule has 0 spiro atoms. The molecule has 3 nitrogen and oxygen atoms in total. The Bertz CT molecular complexity index is 55.3. The maximum absolute atomic E-state index is 8.56. The quantitative estimate of drug-likeness (QED) is 0.235. The third-order valence-electron chi connectivity index (χ3n) is 0. The SMILES string of the molecule is O=[S-](=O)O.[SbH2]. The van der Waals surface area contributed by atoms with Crippen LogP contribution in [0, 0.1) is 0 Å². The van der Waals surface area contributed by atoms with Gasteiger partial charge in [0.1, 0.15) is 0 Å². The first kappa shape index (κ1) is 9.21. The Balaban J connectivity index is 0. The molecule has 1 radical (unpaired) electrons. The fourth-order valence-electron chi connectivity index (χ4n) is 0. The molecular weight excluding hydrogens is 202 g/mol. The van der Waals surface area contributed by atoms with E-state index < -0.39 is 11.0 Å². The molecule has 0 saturated carbocycles. The molecule has 1 N–H and O–H groups in total. The Morgan fingerprint density at radius 1 is 1.40 bits per heavy atom. The summed E-state index contributed by atoms with van der Waals surface area (Å²) >= 11 is 0. The molecule has 0 rings (SSSR count). The zero-order chi connectivity index (χ0) is 3.58.